The molecule has 0 bridgehead atoms. The quantitative estimate of drug-likeness (QED) is 0.0343. The fraction of sp³-hybridized carbons (Fsp3) is 0.750. The van der Waals surface area contributed by atoms with Crippen LogP contribution >= 0.6 is 0 Å². The summed E-state index contributed by atoms with van der Waals surface area (Å²) in [6.45, 7) is 23.3. The van der Waals surface area contributed by atoms with Gasteiger partial charge in [0.1, 0.15) is 0 Å². The molecule has 0 amide bonds. The summed E-state index contributed by atoms with van der Waals surface area (Å²) in [5.41, 5.74) is 15.9. The maximum absolute atomic E-state index is 2.45. The van der Waals surface area contributed by atoms with Crippen LogP contribution < -0.4 is 0 Å². The molecule has 5 aromatic rings. The van der Waals surface area contributed by atoms with Crippen LogP contribution in [0.15, 0.2) is 121 Å². The lowest BCUT2D eigenvalue weighted by atomic mass is 9.70. The van der Waals surface area contributed by atoms with Crippen molar-refractivity contribution in [2.45, 2.75) is 484 Å². The Morgan fingerprint density at radius 2 is 0.367 bits per heavy atom. The molecule has 670 valence electrons. The van der Waals surface area contributed by atoms with Gasteiger partial charge in [0.2, 0.25) is 0 Å². The highest BCUT2D eigenvalue weighted by Crippen LogP contribution is 2.47. The third-order valence-electron chi connectivity index (χ3n) is 34.4. The molecule has 0 N–H and O–H groups in total. The van der Waals surface area contributed by atoms with E-state index in [2.05, 4.69) is 191 Å². The Morgan fingerprint density at radius 1 is 0.175 bits per heavy atom. The molecule has 5 aromatic carbocycles. The molecule has 10 aliphatic carbocycles. The first-order valence-corrected chi connectivity index (χ1v) is 54.3. The topological polar surface area (TPSA) is 0 Å². The average Bonchev–Trinajstić information content (AvgIpc) is 0.806. The smallest absolute Gasteiger partial charge is 0.0162 e. The van der Waals surface area contributed by atoms with Crippen molar-refractivity contribution in [2.75, 3.05) is 0 Å². The van der Waals surface area contributed by atoms with Crippen molar-refractivity contribution in [3.8, 4) is 0 Å². The minimum Gasteiger partial charge on any atom is -0.0654 e. The van der Waals surface area contributed by atoms with Gasteiger partial charge in [0.25, 0.3) is 0 Å². The minimum atomic E-state index is 0.840. The monoisotopic (exact) mass is 1630 g/mol. The van der Waals surface area contributed by atoms with Gasteiger partial charge in [-0.2, -0.15) is 0 Å². The van der Waals surface area contributed by atoms with E-state index in [9.17, 15) is 0 Å². The Morgan fingerprint density at radius 3 is 0.575 bits per heavy atom. The van der Waals surface area contributed by atoms with E-state index in [1.807, 2.05) is 0 Å². The highest BCUT2D eigenvalue weighted by Gasteiger charge is 2.34. The van der Waals surface area contributed by atoms with Gasteiger partial charge in [-0.05, 0) is 431 Å². The number of aryl methyl sites for hydroxylation is 5. The largest absolute Gasteiger partial charge is 0.0654 e. The summed E-state index contributed by atoms with van der Waals surface area (Å²) in [5.74, 6) is 19.6. The van der Waals surface area contributed by atoms with E-state index in [1.54, 1.807) is 55.6 Å². The summed E-state index contributed by atoms with van der Waals surface area (Å²) in [4.78, 5) is 0. The van der Waals surface area contributed by atoms with Gasteiger partial charge < -0.3 is 0 Å². The van der Waals surface area contributed by atoms with Gasteiger partial charge in [-0.15, -0.1) is 0 Å². The molecule has 10 aliphatic rings. The number of unbranched alkanes of at least 4 members (excludes halogenated alkanes) is 3. The van der Waals surface area contributed by atoms with E-state index in [0.29, 0.717) is 0 Å². The van der Waals surface area contributed by atoms with Crippen LogP contribution in [-0.2, 0) is 32.1 Å². The summed E-state index contributed by atoms with van der Waals surface area (Å²) >= 11 is 0. The second-order valence-corrected chi connectivity index (χ2v) is 44.0. The number of benzene rings is 5. The summed E-state index contributed by atoms with van der Waals surface area (Å²) in [5, 5.41) is 0. The molecule has 0 saturated heterocycles. The van der Waals surface area contributed by atoms with Crippen molar-refractivity contribution in [3.63, 3.8) is 0 Å². The zero-order chi connectivity index (χ0) is 83.9. The first kappa shape index (κ1) is 96.7. The van der Waals surface area contributed by atoms with Gasteiger partial charge >= 0.3 is 0 Å². The Labute approximate surface area is 744 Å². The molecule has 0 nitrogen and oxygen atoms in total. The lowest BCUT2D eigenvalue weighted by Gasteiger charge is -2.35. The summed E-state index contributed by atoms with van der Waals surface area (Å²) in [6, 6.07) is 48.7. The van der Waals surface area contributed by atoms with Crippen molar-refractivity contribution in [2.24, 2.45) is 88.8 Å². The minimum absolute atomic E-state index is 0.840. The van der Waals surface area contributed by atoms with E-state index in [4.69, 9.17) is 0 Å². The van der Waals surface area contributed by atoms with Crippen LogP contribution in [0.3, 0.4) is 0 Å². The third kappa shape index (κ3) is 33.1. The highest BCUT2D eigenvalue weighted by atomic mass is 14.4. The molecule has 0 spiro atoms. The van der Waals surface area contributed by atoms with Crippen LogP contribution in [0.1, 0.15) is 508 Å². The Kier molecular flexibility index (Phi) is 43.8. The van der Waals surface area contributed by atoms with Crippen molar-refractivity contribution < 1.29 is 0 Å². The van der Waals surface area contributed by atoms with E-state index in [-0.39, 0.29) is 0 Å². The molecule has 0 aromatic heterocycles. The zero-order valence-corrected chi connectivity index (χ0v) is 80.5. The average molecular weight is 1630 g/mol. The predicted molar refractivity (Wildman–Crippen MR) is 527 cm³/mol. The third-order valence-corrected chi connectivity index (χ3v) is 34.4. The molecule has 0 radical (unpaired) electrons. The van der Waals surface area contributed by atoms with Crippen molar-refractivity contribution >= 4 is 0 Å². The van der Waals surface area contributed by atoms with E-state index < -0.39 is 0 Å². The van der Waals surface area contributed by atoms with Crippen molar-refractivity contribution in [1.29, 1.82) is 0 Å². The highest BCUT2D eigenvalue weighted by molar-refractivity contribution is 5.31. The van der Waals surface area contributed by atoms with Gasteiger partial charge in [0.15, 0.2) is 0 Å². The Hall–Kier alpha value is -3.90. The molecule has 0 aliphatic heterocycles. The first-order valence-electron chi connectivity index (χ1n) is 54.3. The molecule has 0 heteroatoms. The summed E-state index contributed by atoms with van der Waals surface area (Å²) < 4.78 is 0. The predicted octanol–water partition coefficient (Wildman–Crippen LogP) is 37.6. The maximum Gasteiger partial charge on any atom is -0.0162 e. The molecule has 120 heavy (non-hydrogen) atoms. The molecule has 10 fully saturated rings. The van der Waals surface area contributed by atoms with Gasteiger partial charge in [0.05, 0.1) is 0 Å². The fourth-order valence-electron chi connectivity index (χ4n) is 26.0. The van der Waals surface area contributed by atoms with Gasteiger partial charge in [-0.3, -0.25) is 0 Å². The lowest BCUT2D eigenvalue weighted by Crippen LogP contribution is -2.24. The van der Waals surface area contributed by atoms with Crippen LogP contribution in [0.25, 0.3) is 0 Å². The van der Waals surface area contributed by atoms with E-state index >= 15 is 0 Å². The van der Waals surface area contributed by atoms with E-state index in [0.717, 1.165) is 118 Å². The second kappa shape index (κ2) is 54.3. The van der Waals surface area contributed by atoms with Crippen LogP contribution in [-0.4, -0.2) is 0 Å². The van der Waals surface area contributed by atoms with Crippen LogP contribution in [0.2, 0.25) is 0 Å². The SMILES string of the molecule is CCCC1CC(CCc2ccc([C@H]3CC[C@H](CCC)CC3)cc2)C1.CCCCC1CC(CCc2ccc([C@H]3CC[C@H](CCC)CC3)cc2)C1.CCCCCC1CC(CCc2ccc([C@H]3CC[C@H](CCC)CC3)cc2)C1.CCC[C@H]1CC[C@H](c2ccc(CCC3CC(C)C3)cc2)CC1.CCC[C@H]1CC[C@H](c2ccc(CCC3CC(CC)C3)cc2)CC1. The second-order valence-electron chi connectivity index (χ2n) is 44.0. The van der Waals surface area contributed by atoms with Crippen LogP contribution in [0.5, 0.6) is 0 Å². The molecule has 10 saturated carbocycles. The summed E-state index contributed by atoms with van der Waals surface area (Å²) in [7, 11) is 0. The van der Waals surface area contributed by atoms with Crippen molar-refractivity contribution in [3.05, 3.63) is 177 Å². The van der Waals surface area contributed by atoms with Crippen molar-refractivity contribution in [1.82, 2.24) is 0 Å². The first-order chi connectivity index (χ1) is 58.9. The number of rotatable bonds is 40. The van der Waals surface area contributed by atoms with Crippen LogP contribution in [0, 0.1) is 88.8 Å². The number of hydrogen-bond acceptors (Lipinski definition) is 0. The Balaban J connectivity index is 0.000000147. The van der Waals surface area contributed by atoms with Gasteiger partial charge in [-0.1, -0.05) is 319 Å². The standard InChI is InChI=1S/C26H42.C25H40.C24H38.C23H36.C22H34/c1-3-5-6-8-23-19-24(20-23)10-9-22-13-17-26(18-14-22)25-15-11-21(7-4-2)12-16-25;1-3-5-7-22-18-23(19-22)9-8-21-12-16-25(17-13-21)24-14-10-20(6-4-2)11-15-24;1-3-5-19-9-13-23(14-10-19)24-15-11-20(12-16-24)7-8-22-17-21(18-22)6-4-2;1-3-5-19-8-12-22(13-9-19)23-14-10-20(11-15-23)6-7-21-16-18(4-2)17-21;1-3-4-18-7-11-21(12-8-18)22-13-9-19(10-14-22)5-6-20-15-17(2)16-20/h13-14,17-18,21,23-25H,3-12,15-16,19-20H2,1-2H3;12-13,16-17,20,22-24H,3-11,14-15,18-19H2,1-2H3;11-12,15-16,19,21-23H,3-10,13-14,17-18H2,1-2H3;10-11,14-15,18-19,21-22H,3-9,12-13,16-17H2,1-2H3;9-10,13-14,17-18,20-21H,3-8,11-12,15-16H2,1-2H3/t21-,23?,24?,25-;20-,22?,23?,24-;19-,21?,22?,23-;18?,19-,21?,22-;17?,18-,20?,21-. The lowest BCUT2D eigenvalue weighted by molar-refractivity contribution is 0.168. The fourth-order valence-corrected chi connectivity index (χ4v) is 26.0. The number of hydrogen-bond donors (Lipinski definition) is 0. The normalized spacial score (nSPS) is 30.1. The molecule has 15 rings (SSSR count). The zero-order valence-electron chi connectivity index (χ0n) is 80.5. The maximum atomic E-state index is 2.45. The van der Waals surface area contributed by atoms with Crippen LogP contribution in [0.4, 0.5) is 0 Å². The molecular weight excluding hydrogens is 1440 g/mol. The van der Waals surface area contributed by atoms with Gasteiger partial charge in [-0.25, -0.2) is 0 Å². The van der Waals surface area contributed by atoms with Gasteiger partial charge in [0, 0.05) is 0 Å². The molecule has 0 atom stereocenters. The molecule has 0 heterocycles. The Bertz CT molecular complexity index is 3350. The molecular formula is C120H190. The summed E-state index contributed by atoms with van der Waals surface area (Å²) in [6.07, 6.45) is 85.8. The van der Waals surface area contributed by atoms with E-state index in [1.165, 1.54) is 385 Å². The molecule has 0 unspecified atom stereocenters.